The Hall–Kier alpha value is -2.93. The topological polar surface area (TPSA) is 88.6 Å². The van der Waals surface area contributed by atoms with Gasteiger partial charge in [0.1, 0.15) is 5.82 Å². The number of imidazole rings is 1. The van der Waals surface area contributed by atoms with Crippen LogP contribution in [0.1, 0.15) is 32.8 Å². The summed E-state index contributed by atoms with van der Waals surface area (Å²) in [6.07, 6.45) is 2.91. The van der Waals surface area contributed by atoms with Crippen LogP contribution in [-0.2, 0) is 4.79 Å². The summed E-state index contributed by atoms with van der Waals surface area (Å²) in [7, 11) is 0. The zero-order valence-electron chi connectivity index (χ0n) is 17.4. The second-order valence-corrected chi connectivity index (χ2v) is 8.85. The second-order valence-electron chi connectivity index (χ2n) is 8.85. The van der Waals surface area contributed by atoms with E-state index in [-0.39, 0.29) is 11.9 Å². The molecule has 0 radical (unpaired) electrons. The number of hydrogen-bond donors (Lipinski definition) is 2. The molecule has 2 aromatic heterocycles. The van der Waals surface area contributed by atoms with E-state index in [1.54, 1.807) is 0 Å². The number of benzene rings is 1. The molecule has 7 heteroatoms. The molecule has 152 valence electrons. The molecule has 7 nitrogen and oxygen atoms in total. The number of amides is 1. The van der Waals surface area contributed by atoms with Gasteiger partial charge in [0, 0.05) is 35.8 Å². The first-order valence-electron chi connectivity index (χ1n) is 10.0. The summed E-state index contributed by atoms with van der Waals surface area (Å²) in [5, 5.41) is 7.75. The zero-order chi connectivity index (χ0) is 20.8. The van der Waals surface area contributed by atoms with Crippen LogP contribution in [0.2, 0.25) is 0 Å². The fourth-order valence-corrected chi connectivity index (χ4v) is 3.40. The Labute approximate surface area is 170 Å². The highest BCUT2D eigenvalue weighted by molar-refractivity contribution is 5.95. The molecule has 0 aliphatic carbocycles. The Kier molecular flexibility index (Phi) is 4.78. The SMILES string of the molecule is Cc1ccc(-c2cn3nc(N4CCC(N)C4)ccc3n2)cc1NC(=O)C(C)(C)C. The predicted molar refractivity (Wildman–Crippen MR) is 116 cm³/mol. The van der Waals surface area contributed by atoms with E-state index < -0.39 is 5.41 Å². The lowest BCUT2D eigenvalue weighted by Crippen LogP contribution is -2.27. The summed E-state index contributed by atoms with van der Waals surface area (Å²) in [6.45, 7) is 9.45. The van der Waals surface area contributed by atoms with Gasteiger partial charge < -0.3 is 16.0 Å². The van der Waals surface area contributed by atoms with Crippen LogP contribution in [-0.4, -0.2) is 39.6 Å². The van der Waals surface area contributed by atoms with Crippen molar-refractivity contribution in [3.05, 3.63) is 42.1 Å². The lowest BCUT2D eigenvalue weighted by atomic mass is 9.95. The van der Waals surface area contributed by atoms with Crippen LogP contribution in [0.5, 0.6) is 0 Å². The summed E-state index contributed by atoms with van der Waals surface area (Å²) in [6, 6.07) is 10.2. The van der Waals surface area contributed by atoms with Gasteiger partial charge in [-0.2, -0.15) is 0 Å². The Morgan fingerprint density at radius 1 is 1.24 bits per heavy atom. The average Bonchev–Trinajstić information content (AvgIpc) is 3.28. The summed E-state index contributed by atoms with van der Waals surface area (Å²) >= 11 is 0. The van der Waals surface area contributed by atoms with Crippen molar-refractivity contribution in [1.29, 1.82) is 0 Å². The molecule has 0 saturated carbocycles. The molecular weight excluding hydrogens is 364 g/mol. The summed E-state index contributed by atoms with van der Waals surface area (Å²) in [4.78, 5) is 19.3. The molecule has 3 N–H and O–H groups in total. The summed E-state index contributed by atoms with van der Waals surface area (Å²) in [5.41, 5.74) is 9.93. The van der Waals surface area contributed by atoms with E-state index in [9.17, 15) is 4.79 Å². The molecule has 1 unspecified atom stereocenters. The molecule has 3 aromatic rings. The minimum absolute atomic E-state index is 0.0112. The first kappa shape index (κ1) is 19.4. The molecule has 1 saturated heterocycles. The number of aromatic nitrogens is 3. The molecule has 1 aromatic carbocycles. The summed E-state index contributed by atoms with van der Waals surface area (Å²) in [5.74, 6) is 0.902. The van der Waals surface area contributed by atoms with E-state index in [4.69, 9.17) is 15.8 Å². The van der Waals surface area contributed by atoms with Gasteiger partial charge in [-0.3, -0.25) is 4.79 Å². The smallest absolute Gasteiger partial charge is 0.229 e. The van der Waals surface area contributed by atoms with Gasteiger partial charge in [0.15, 0.2) is 5.65 Å². The van der Waals surface area contributed by atoms with Crippen molar-refractivity contribution in [3.63, 3.8) is 0 Å². The van der Waals surface area contributed by atoms with Crippen LogP contribution >= 0.6 is 0 Å². The lowest BCUT2D eigenvalue weighted by Gasteiger charge is -2.19. The number of rotatable bonds is 3. The highest BCUT2D eigenvalue weighted by Crippen LogP contribution is 2.27. The van der Waals surface area contributed by atoms with Gasteiger partial charge in [-0.05, 0) is 37.1 Å². The van der Waals surface area contributed by atoms with Gasteiger partial charge >= 0.3 is 0 Å². The number of nitrogens with one attached hydrogen (secondary N) is 1. The Bertz CT molecular complexity index is 1060. The van der Waals surface area contributed by atoms with Gasteiger partial charge in [0.25, 0.3) is 0 Å². The maximum Gasteiger partial charge on any atom is 0.229 e. The highest BCUT2D eigenvalue weighted by Gasteiger charge is 2.22. The molecule has 29 heavy (non-hydrogen) atoms. The Morgan fingerprint density at radius 2 is 2.03 bits per heavy atom. The second kappa shape index (κ2) is 7.15. The van der Waals surface area contributed by atoms with Crippen LogP contribution in [0.15, 0.2) is 36.5 Å². The Morgan fingerprint density at radius 3 is 2.72 bits per heavy atom. The van der Waals surface area contributed by atoms with Crippen LogP contribution < -0.4 is 16.0 Å². The number of nitrogens with two attached hydrogens (primary N) is 1. The van der Waals surface area contributed by atoms with Crippen LogP contribution in [0.4, 0.5) is 11.5 Å². The van der Waals surface area contributed by atoms with E-state index in [1.165, 1.54) is 0 Å². The molecule has 1 aliphatic heterocycles. The number of anilines is 2. The van der Waals surface area contributed by atoms with Gasteiger partial charge in [0.05, 0.1) is 11.9 Å². The van der Waals surface area contributed by atoms with Crippen molar-refractivity contribution in [2.45, 2.75) is 40.2 Å². The molecule has 1 amide bonds. The first-order valence-corrected chi connectivity index (χ1v) is 10.0. The van der Waals surface area contributed by atoms with Crippen LogP contribution in [0.25, 0.3) is 16.9 Å². The molecular formula is C22H28N6O. The normalized spacial score (nSPS) is 17.1. The average molecular weight is 393 g/mol. The van der Waals surface area contributed by atoms with Gasteiger partial charge in [-0.1, -0.05) is 32.9 Å². The predicted octanol–water partition coefficient (Wildman–Crippen LogP) is 3.23. The van der Waals surface area contributed by atoms with Crippen molar-refractivity contribution < 1.29 is 4.79 Å². The molecule has 3 heterocycles. The molecule has 1 fully saturated rings. The van der Waals surface area contributed by atoms with Crippen molar-refractivity contribution in [2.75, 3.05) is 23.3 Å². The zero-order valence-corrected chi connectivity index (χ0v) is 17.4. The maximum absolute atomic E-state index is 12.4. The molecule has 1 atom stereocenters. The van der Waals surface area contributed by atoms with Gasteiger partial charge in [-0.15, -0.1) is 5.10 Å². The van der Waals surface area contributed by atoms with E-state index in [1.807, 2.05) is 68.7 Å². The molecule has 1 aliphatic rings. The third-order valence-corrected chi connectivity index (χ3v) is 5.32. The minimum atomic E-state index is -0.454. The Balaban J connectivity index is 1.64. The molecule has 4 rings (SSSR count). The van der Waals surface area contributed by atoms with Crippen molar-refractivity contribution in [2.24, 2.45) is 11.1 Å². The van der Waals surface area contributed by atoms with Crippen molar-refractivity contribution in [1.82, 2.24) is 14.6 Å². The monoisotopic (exact) mass is 392 g/mol. The number of nitrogens with zero attached hydrogens (tertiary/aromatic N) is 4. The number of hydrogen-bond acceptors (Lipinski definition) is 5. The van der Waals surface area contributed by atoms with E-state index >= 15 is 0 Å². The van der Waals surface area contributed by atoms with Gasteiger partial charge in [0.2, 0.25) is 5.91 Å². The number of carbonyl (C=O) groups excluding carboxylic acids is 1. The highest BCUT2D eigenvalue weighted by atomic mass is 16.2. The molecule has 0 bridgehead atoms. The van der Waals surface area contributed by atoms with Crippen molar-refractivity contribution in [3.8, 4) is 11.3 Å². The number of fused-ring (bicyclic) bond motifs is 1. The van der Waals surface area contributed by atoms with Crippen LogP contribution in [0.3, 0.4) is 0 Å². The summed E-state index contributed by atoms with van der Waals surface area (Å²) < 4.78 is 1.81. The first-order chi connectivity index (χ1) is 13.7. The number of carbonyl (C=O) groups is 1. The van der Waals surface area contributed by atoms with Crippen molar-refractivity contribution >= 4 is 23.1 Å². The van der Waals surface area contributed by atoms with Gasteiger partial charge in [-0.25, -0.2) is 9.50 Å². The third kappa shape index (κ3) is 3.96. The molecule has 0 spiro atoms. The van der Waals surface area contributed by atoms with E-state index in [0.29, 0.717) is 0 Å². The van der Waals surface area contributed by atoms with E-state index in [2.05, 4.69) is 10.2 Å². The van der Waals surface area contributed by atoms with Crippen LogP contribution in [0, 0.1) is 12.3 Å². The largest absolute Gasteiger partial charge is 0.354 e. The number of aryl methyl sites for hydroxylation is 1. The minimum Gasteiger partial charge on any atom is -0.354 e. The third-order valence-electron chi connectivity index (χ3n) is 5.32. The fraction of sp³-hybridized carbons (Fsp3) is 0.409. The maximum atomic E-state index is 12.4. The quantitative estimate of drug-likeness (QED) is 0.714. The van der Waals surface area contributed by atoms with E-state index in [0.717, 1.165) is 53.5 Å². The standard InChI is InChI=1S/C22H28N6O/c1-14-5-6-15(11-17(14)25-21(29)22(2,3)4)18-13-28-19(24-18)7-8-20(26-28)27-10-9-16(23)12-27/h5-8,11,13,16H,9-10,12,23H2,1-4H3,(H,25,29). The fourth-order valence-electron chi connectivity index (χ4n) is 3.40. The lowest BCUT2D eigenvalue weighted by molar-refractivity contribution is -0.123.